The Balaban J connectivity index is 1.62. The first kappa shape index (κ1) is 15.3. The zero-order valence-corrected chi connectivity index (χ0v) is 13.9. The smallest absolute Gasteiger partial charge is 0.265 e. The van der Waals surface area contributed by atoms with Crippen molar-refractivity contribution in [3.63, 3.8) is 0 Å². The second-order valence-electron chi connectivity index (χ2n) is 5.58. The molecule has 0 aliphatic rings. The lowest BCUT2D eigenvalue weighted by Gasteiger charge is -2.00. The Labute approximate surface area is 147 Å². The van der Waals surface area contributed by atoms with E-state index in [0.717, 1.165) is 16.5 Å². The summed E-state index contributed by atoms with van der Waals surface area (Å²) in [7, 11) is 0. The number of phenols is 1. The lowest BCUT2D eigenvalue weighted by molar-refractivity contribution is 0.474. The zero-order valence-electron chi connectivity index (χ0n) is 13.2. The number of hydrogen-bond acceptors (Lipinski definition) is 6. The molecule has 0 bridgehead atoms. The van der Waals surface area contributed by atoms with Gasteiger partial charge in [0.05, 0.1) is 6.21 Å². The summed E-state index contributed by atoms with van der Waals surface area (Å²) in [6.45, 7) is 2.02. The molecule has 0 fully saturated rings. The molecule has 2 aromatic heterocycles. The molecule has 0 spiro atoms. The van der Waals surface area contributed by atoms with E-state index in [9.17, 15) is 5.11 Å². The number of nitrogens with zero attached hydrogens (tertiary/aromatic N) is 4. The van der Waals surface area contributed by atoms with Gasteiger partial charge in [-0.1, -0.05) is 23.2 Å². The predicted octanol–water partition coefficient (Wildman–Crippen LogP) is 3.62. The number of benzene rings is 2. The van der Waals surface area contributed by atoms with Gasteiger partial charge in [-0.25, -0.2) is 5.43 Å². The fraction of sp³-hybridized carbons (Fsp3) is 0.0588. The van der Waals surface area contributed by atoms with E-state index in [1.165, 1.54) is 12.3 Å². The fourth-order valence-corrected chi connectivity index (χ4v) is 2.70. The number of H-pyrrole nitrogens is 1. The first-order chi connectivity index (χ1) is 12.1. The molecule has 0 saturated heterocycles. The summed E-state index contributed by atoms with van der Waals surface area (Å²) >= 11 is 5.90. The molecule has 0 aliphatic heterocycles. The van der Waals surface area contributed by atoms with Crippen molar-refractivity contribution in [2.75, 3.05) is 5.43 Å². The van der Waals surface area contributed by atoms with Crippen LogP contribution in [0.15, 0.2) is 41.5 Å². The summed E-state index contributed by atoms with van der Waals surface area (Å²) in [6.07, 6.45) is 1.43. The maximum absolute atomic E-state index is 9.75. The number of aromatic amines is 1. The number of rotatable bonds is 3. The number of hydrazone groups is 1. The van der Waals surface area contributed by atoms with Crippen LogP contribution in [0.1, 0.15) is 11.1 Å². The van der Waals surface area contributed by atoms with Crippen molar-refractivity contribution in [1.29, 1.82) is 0 Å². The molecule has 4 rings (SSSR count). The minimum Gasteiger partial charge on any atom is -0.507 e. The normalized spacial score (nSPS) is 11.6. The van der Waals surface area contributed by atoms with Gasteiger partial charge in [0.25, 0.3) is 5.95 Å². The largest absolute Gasteiger partial charge is 0.507 e. The molecule has 0 atom stereocenters. The quantitative estimate of drug-likeness (QED) is 0.386. The van der Waals surface area contributed by atoms with E-state index < -0.39 is 0 Å². The molecular formula is C17H13ClN6O. The summed E-state index contributed by atoms with van der Waals surface area (Å²) in [5, 5.41) is 23.5. The second kappa shape index (κ2) is 6.03. The number of aromatic hydroxyl groups is 1. The highest BCUT2D eigenvalue weighted by molar-refractivity contribution is 6.30. The third-order valence-corrected chi connectivity index (χ3v) is 3.96. The maximum atomic E-state index is 9.75. The van der Waals surface area contributed by atoms with E-state index in [0.29, 0.717) is 21.7 Å². The molecule has 2 heterocycles. The van der Waals surface area contributed by atoms with Crippen molar-refractivity contribution in [2.45, 2.75) is 6.92 Å². The van der Waals surface area contributed by atoms with Gasteiger partial charge in [-0.3, -0.25) is 0 Å². The molecule has 0 saturated carbocycles. The molecule has 0 unspecified atom stereocenters. The number of halogens is 1. The first-order valence-electron chi connectivity index (χ1n) is 7.50. The molecule has 7 nitrogen and oxygen atoms in total. The van der Waals surface area contributed by atoms with Crippen molar-refractivity contribution < 1.29 is 5.11 Å². The Morgan fingerprint density at radius 2 is 2.08 bits per heavy atom. The maximum Gasteiger partial charge on any atom is 0.265 e. The van der Waals surface area contributed by atoms with Crippen LogP contribution < -0.4 is 5.43 Å². The average molecular weight is 353 g/mol. The van der Waals surface area contributed by atoms with Crippen LogP contribution in [-0.4, -0.2) is 31.5 Å². The van der Waals surface area contributed by atoms with Gasteiger partial charge in [0.15, 0.2) is 5.65 Å². The van der Waals surface area contributed by atoms with Gasteiger partial charge in [-0.15, -0.1) is 10.2 Å². The monoisotopic (exact) mass is 352 g/mol. The predicted molar refractivity (Wildman–Crippen MR) is 98.3 cm³/mol. The summed E-state index contributed by atoms with van der Waals surface area (Å²) in [4.78, 5) is 7.58. The molecule has 4 aromatic rings. The van der Waals surface area contributed by atoms with Crippen molar-refractivity contribution in [2.24, 2.45) is 5.10 Å². The van der Waals surface area contributed by atoms with Gasteiger partial charge in [-0.05, 0) is 37.3 Å². The van der Waals surface area contributed by atoms with E-state index in [1.54, 1.807) is 12.1 Å². The summed E-state index contributed by atoms with van der Waals surface area (Å²) in [5.41, 5.74) is 6.61. The Bertz CT molecular complexity index is 1120. The number of hydrogen-bond donors (Lipinski definition) is 3. The average Bonchev–Trinajstić information content (AvgIpc) is 2.95. The highest BCUT2D eigenvalue weighted by atomic mass is 35.5. The topological polar surface area (TPSA) is 99.1 Å². The van der Waals surface area contributed by atoms with Crippen LogP contribution in [0.5, 0.6) is 5.75 Å². The van der Waals surface area contributed by atoms with E-state index in [2.05, 4.69) is 30.7 Å². The third kappa shape index (κ3) is 2.97. The fourth-order valence-electron chi connectivity index (χ4n) is 2.52. The lowest BCUT2D eigenvalue weighted by atomic mass is 10.2. The third-order valence-electron chi connectivity index (χ3n) is 3.73. The number of aromatic nitrogens is 4. The van der Waals surface area contributed by atoms with Crippen molar-refractivity contribution in [3.05, 3.63) is 52.5 Å². The van der Waals surface area contributed by atoms with E-state index in [-0.39, 0.29) is 11.7 Å². The van der Waals surface area contributed by atoms with Gasteiger partial charge in [0, 0.05) is 21.5 Å². The molecule has 0 radical (unpaired) electrons. The van der Waals surface area contributed by atoms with Gasteiger partial charge in [0.2, 0.25) is 0 Å². The molecule has 0 amide bonds. The van der Waals surface area contributed by atoms with Crippen LogP contribution >= 0.6 is 11.6 Å². The van der Waals surface area contributed by atoms with Gasteiger partial charge in [0.1, 0.15) is 11.3 Å². The lowest BCUT2D eigenvalue weighted by Crippen LogP contribution is -1.99. The van der Waals surface area contributed by atoms with Crippen LogP contribution in [0.4, 0.5) is 5.95 Å². The Morgan fingerprint density at radius 1 is 1.20 bits per heavy atom. The summed E-state index contributed by atoms with van der Waals surface area (Å²) in [5.74, 6) is 0.323. The molecule has 2 aromatic carbocycles. The van der Waals surface area contributed by atoms with Crippen molar-refractivity contribution in [1.82, 2.24) is 20.2 Å². The Kier molecular flexibility index (Phi) is 3.70. The van der Waals surface area contributed by atoms with Crippen LogP contribution in [0.3, 0.4) is 0 Å². The Morgan fingerprint density at radius 3 is 2.96 bits per heavy atom. The minimum atomic E-state index is 0.0791. The van der Waals surface area contributed by atoms with Crippen LogP contribution in [0.25, 0.3) is 22.1 Å². The summed E-state index contributed by atoms with van der Waals surface area (Å²) in [6, 6.07) is 10.7. The van der Waals surface area contributed by atoms with E-state index in [1.807, 2.05) is 25.1 Å². The van der Waals surface area contributed by atoms with Crippen molar-refractivity contribution in [3.8, 4) is 5.75 Å². The van der Waals surface area contributed by atoms with Gasteiger partial charge >= 0.3 is 0 Å². The molecule has 8 heteroatoms. The number of anilines is 1. The summed E-state index contributed by atoms with van der Waals surface area (Å²) < 4.78 is 0. The molecule has 25 heavy (non-hydrogen) atoms. The minimum absolute atomic E-state index is 0.0791. The first-order valence-corrected chi connectivity index (χ1v) is 7.88. The second-order valence-corrected chi connectivity index (χ2v) is 6.02. The number of nitrogens with one attached hydrogen (secondary N) is 2. The molecular weight excluding hydrogens is 340 g/mol. The highest BCUT2D eigenvalue weighted by Crippen LogP contribution is 2.23. The molecule has 0 aliphatic carbocycles. The van der Waals surface area contributed by atoms with E-state index >= 15 is 0 Å². The van der Waals surface area contributed by atoms with Crippen LogP contribution in [-0.2, 0) is 0 Å². The Hall–Kier alpha value is -3.19. The molecule has 124 valence electrons. The van der Waals surface area contributed by atoms with Crippen LogP contribution in [0.2, 0.25) is 5.02 Å². The van der Waals surface area contributed by atoms with E-state index in [4.69, 9.17) is 11.6 Å². The number of fused-ring (bicyclic) bond motifs is 3. The standard InChI is InChI=1S/C17H13ClN6O/c1-9-2-4-13-12(6-9)15-16(20-13)21-17(24-22-15)23-19-8-10-7-11(18)3-5-14(10)25/h2-8,25H,1H3,(H2,20,21,23,24)/b19-8-. The SMILES string of the molecule is Cc1ccc2[nH]c3nc(N/N=C\c4cc(Cl)ccc4O)nnc3c2c1. The number of aryl methyl sites for hydroxylation is 1. The van der Waals surface area contributed by atoms with Gasteiger partial charge in [-0.2, -0.15) is 10.1 Å². The zero-order chi connectivity index (χ0) is 17.4. The number of phenolic OH excluding ortho intramolecular Hbond substituents is 1. The van der Waals surface area contributed by atoms with Crippen LogP contribution in [0, 0.1) is 6.92 Å². The molecule has 3 N–H and O–H groups in total. The van der Waals surface area contributed by atoms with Gasteiger partial charge < -0.3 is 10.1 Å². The highest BCUT2D eigenvalue weighted by Gasteiger charge is 2.09. The van der Waals surface area contributed by atoms with Crippen molar-refractivity contribution >= 4 is 45.8 Å².